The van der Waals surface area contributed by atoms with Crippen LogP contribution in [0.3, 0.4) is 0 Å². The molecule has 0 aliphatic heterocycles. The van der Waals surface area contributed by atoms with E-state index in [1.54, 1.807) is 19.2 Å². The molecule has 0 radical (unpaired) electrons. The van der Waals surface area contributed by atoms with Crippen LogP contribution in [-0.2, 0) is 10.2 Å². The number of carbonyl (C=O) groups is 1. The Morgan fingerprint density at radius 3 is 2.12 bits per heavy atom. The quantitative estimate of drug-likeness (QED) is 0.371. The molecule has 0 aliphatic rings. The molecule has 0 saturated carbocycles. The summed E-state index contributed by atoms with van der Waals surface area (Å²) < 4.78 is 5.85. The second kappa shape index (κ2) is 7.44. The van der Waals surface area contributed by atoms with Crippen molar-refractivity contribution in [3.8, 4) is 0 Å². The van der Waals surface area contributed by atoms with E-state index in [1.165, 1.54) is 12.1 Å². The Hall–Kier alpha value is -3.08. The van der Waals surface area contributed by atoms with E-state index in [4.69, 9.17) is 15.6 Å². The van der Waals surface area contributed by atoms with Crippen LogP contribution >= 0.6 is 0 Å². The van der Waals surface area contributed by atoms with E-state index in [-0.39, 0.29) is 11.0 Å². The molecule has 2 aromatic carbocycles. The zero-order valence-corrected chi connectivity index (χ0v) is 15.5. The third-order valence-electron chi connectivity index (χ3n) is 3.99. The zero-order chi connectivity index (χ0) is 19.5. The molecule has 5 nitrogen and oxygen atoms in total. The summed E-state index contributed by atoms with van der Waals surface area (Å²) in [6.07, 6.45) is 0. The molecule has 0 amide bonds. The normalized spacial score (nSPS) is 11.9. The maximum Gasteiger partial charge on any atom is 0.335 e. The smallest absolute Gasteiger partial charge is 0.335 e. The van der Waals surface area contributed by atoms with Gasteiger partial charge in [0.15, 0.2) is 0 Å². The van der Waals surface area contributed by atoms with E-state index in [0.29, 0.717) is 17.2 Å². The van der Waals surface area contributed by atoms with Crippen molar-refractivity contribution in [2.45, 2.75) is 26.2 Å². The van der Waals surface area contributed by atoms with Gasteiger partial charge in [0.1, 0.15) is 5.76 Å². The first-order valence-electron chi connectivity index (χ1n) is 8.21. The van der Waals surface area contributed by atoms with Gasteiger partial charge in [0.2, 0.25) is 5.90 Å². The van der Waals surface area contributed by atoms with Crippen molar-refractivity contribution in [1.29, 1.82) is 0 Å². The topological polar surface area (TPSA) is 84.9 Å². The molecular weight excluding hydrogens is 328 g/mol. The fourth-order valence-corrected chi connectivity index (χ4v) is 2.54. The molecule has 136 valence electrons. The van der Waals surface area contributed by atoms with E-state index in [1.807, 2.05) is 18.2 Å². The monoisotopic (exact) mass is 352 g/mol. The van der Waals surface area contributed by atoms with Crippen LogP contribution in [0.5, 0.6) is 0 Å². The number of aromatic carboxylic acids is 1. The van der Waals surface area contributed by atoms with Crippen molar-refractivity contribution in [1.82, 2.24) is 0 Å². The zero-order valence-electron chi connectivity index (χ0n) is 15.5. The highest BCUT2D eigenvalue weighted by molar-refractivity contribution is 5.98. The maximum absolute atomic E-state index is 11.0. The highest BCUT2D eigenvalue weighted by Gasteiger charge is 2.18. The second-order valence-corrected chi connectivity index (χ2v) is 6.99. The summed E-state index contributed by atoms with van der Waals surface area (Å²) in [6, 6.07) is 12.0. The first-order chi connectivity index (χ1) is 12.1. The number of hydrogen-bond acceptors (Lipinski definition) is 4. The van der Waals surface area contributed by atoms with Gasteiger partial charge in [-0.1, -0.05) is 27.4 Å². The Balaban J connectivity index is 2.26. The van der Waals surface area contributed by atoms with Gasteiger partial charge in [-0.15, -0.1) is 0 Å². The molecule has 0 spiro atoms. The molecule has 5 heteroatoms. The molecule has 2 aromatic rings. The lowest BCUT2D eigenvalue weighted by Gasteiger charge is -2.22. The van der Waals surface area contributed by atoms with E-state index in [9.17, 15) is 4.79 Å². The fraction of sp³-hybridized carbons (Fsp3) is 0.238. The predicted octanol–water partition coefficient (Wildman–Crippen LogP) is 4.33. The minimum absolute atomic E-state index is 0.102. The van der Waals surface area contributed by atoms with E-state index >= 15 is 0 Å². The van der Waals surface area contributed by atoms with E-state index in [2.05, 4.69) is 32.3 Å². The van der Waals surface area contributed by atoms with Gasteiger partial charge in [-0.3, -0.25) is 4.99 Å². The summed E-state index contributed by atoms with van der Waals surface area (Å²) >= 11 is 0. The number of benzene rings is 2. The average molecular weight is 352 g/mol. The van der Waals surface area contributed by atoms with E-state index in [0.717, 1.165) is 16.8 Å². The Bertz CT molecular complexity index is 860. The Labute approximate surface area is 153 Å². The van der Waals surface area contributed by atoms with Gasteiger partial charge in [-0.2, -0.15) is 0 Å². The SMILES string of the molecule is C=C(OC(=NC)c1ccc(C(=O)O)cc1)c1ccc(N)c(C(C)(C)C)c1. The van der Waals surface area contributed by atoms with Crippen LogP contribution < -0.4 is 5.73 Å². The molecule has 0 aliphatic carbocycles. The van der Waals surface area contributed by atoms with Crippen LogP contribution in [-0.4, -0.2) is 24.0 Å². The number of hydrogen-bond donors (Lipinski definition) is 2. The number of rotatable bonds is 4. The number of aliphatic imine (C=N–C) groups is 1. The van der Waals surface area contributed by atoms with Crippen molar-refractivity contribution in [3.05, 3.63) is 71.3 Å². The Morgan fingerprint density at radius 1 is 1.08 bits per heavy atom. The minimum Gasteiger partial charge on any atom is -0.478 e. The summed E-state index contributed by atoms with van der Waals surface area (Å²) in [4.78, 5) is 15.1. The lowest BCUT2D eigenvalue weighted by atomic mass is 9.85. The maximum atomic E-state index is 11.0. The third-order valence-corrected chi connectivity index (χ3v) is 3.99. The third kappa shape index (κ3) is 4.30. The molecule has 0 heterocycles. The van der Waals surface area contributed by atoms with Crippen molar-refractivity contribution in [2.24, 2.45) is 4.99 Å². The second-order valence-electron chi connectivity index (χ2n) is 6.99. The van der Waals surface area contributed by atoms with Crippen LogP contribution in [0, 0.1) is 0 Å². The molecule has 26 heavy (non-hydrogen) atoms. The van der Waals surface area contributed by atoms with Crippen molar-refractivity contribution in [2.75, 3.05) is 12.8 Å². The first-order valence-corrected chi connectivity index (χ1v) is 8.21. The molecule has 0 saturated heterocycles. The summed E-state index contributed by atoms with van der Waals surface area (Å²) in [5.74, 6) is -0.173. The number of nitrogen functional groups attached to an aromatic ring is 1. The summed E-state index contributed by atoms with van der Waals surface area (Å²) in [7, 11) is 1.61. The highest BCUT2D eigenvalue weighted by atomic mass is 16.5. The fourth-order valence-electron chi connectivity index (χ4n) is 2.54. The molecule has 0 atom stereocenters. The Morgan fingerprint density at radius 2 is 1.62 bits per heavy atom. The summed E-state index contributed by atoms with van der Waals surface area (Å²) in [6.45, 7) is 10.3. The van der Waals surface area contributed by atoms with Gasteiger partial charge in [-0.05, 0) is 53.4 Å². The van der Waals surface area contributed by atoms with Crippen LogP contribution in [0.15, 0.2) is 54.0 Å². The van der Waals surface area contributed by atoms with Gasteiger partial charge in [0.25, 0.3) is 0 Å². The number of carboxylic acids is 1. The lowest BCUT2D eigenvalue weighted by molar-refractivity contribution is 0.0697. The average Bonchev–Trinajstić information content (AvgIpc) is 2.59. The number of nitrogens with two attached hydrogens (primary N) is 1. The van der Waals surface area contributed by atoms with Crippen LogP contribution in [0.1, 0.15) is 47.8 Å². The van der Waals surface area contributed by atoms with Gasteiger partial charge in [-0.25, -0.2) is 4.79 Å². The molecule has 2 rings (SSSR count). The summed E-state index contributed by atoms with van der Waals surface area (Å²) in [5, 5.41) is 8.99. The molecule has 0 unspecified atom stereocenters. The molecule has 0 bridgehead atoms. The molecule has 0 fully saturated rings. The molecular formula is C21H24N2O3. The first kappa shape index (κ1) is 19.2. The van der Waals surface area contributed by atoms with Crippen LogP contribution in [0.4, 0.5) is 5.69 Å². The highest BCUT2D eigenvalue weighted by Crippen LogP contribution is 2.30. The molecule has 0 aromatic heterocycles. The number of ether oxygens (including phenoxy) is 1. The van der Waals surface area contributed by atoms with Crippen molar-refractivity contribution < 1.29 is 14.6 Å². The molecule has 3 N–H and O–H groups in total. The van der Waals surface area contributed by atoms with Crippen molar-refractivity contribution >= 4 is 23.3 Å². The van der Waals surface area contributed by atoms with Gasteiger partial charge in [0, 0.05) is 23.9 Å². The number of carboxylic acid groups (broad SMARTS) is 1. The number of nitrogens with zero attached hydrogens (tertiary/aromatic N) is 1. The van der Waals surface area contributed by atoms with Gasteiger partial charge >= 0.3 is 5.97 Å². The van der Waals surface area contributed by atoms with Crippen LogP contribution in [0.25, 0.3) is 5.76 Å². The van der Waals surface area contributed by atoms with Crippen molar-refractivity contribution in [3.63, 3.8) is 0 Å². The van der Waals surface area contributed by atoms with E-state index < -0.39 is 5.97 Å². The summed E-state index contributed by atoms with van der Waals surface area (Å²) in [5.41, 5.74) is 9.42. The number of anilines is 1. The predicted molar refractivity (Wildman–Crippen MR) is 106 cm³/mol. The largest absolute Gasteiger partial charge is 0.478 e. The lowest BCUT2D eigenvalue weighted by Crippen LogP contribution is -2.14. The minimum atomic E-state index is -0.978. The Kier molecular flexibility index (Phi) is 5.50. The standard InChI is InChI=1S/C21H24N2O3/c1-13(16-10-11-18(22)17(12-16)21(2,3)4)26-19(23-5)14-6-8-15(9-7-14)20(24)25/h6-12H,1,22H2,2-5H3,(H,24,25). The van der Waals surface area contributed by atoms with Gasteiger partial charge < -0.3 is 15.6 Å². The van der Waals surface area contributed by atoms with Gasteiger partial charge in [0.05, 0.1) is 5.56 Å². The van der Waals surface area contributed by atoms with Crippen LogP contribution in [0.2, 0.25) is 0 Å².